The van der Waals surface area contributed by atoms with Gasteiger partial charge in [-0.3, -0.25) is 0 Å². The van der Waals surface area contributed by atoms with Gasteiger partial charge in [0.1, 0.15) is 0 Å². The van der Waals surface area contributed by atoms with Crippen molar-refractivity contribution < 1.29 is 5.11 Å². The highest BCUT2D eigenvalue weighted by molar-refractivity contribution is 6.24. The number of hydrogen-bond acceptors (Lipinski definition) is 1. The molecule has 0 radical (unpaired) electrons. The predicted octanol–water partition coefficient (Wildman–Crippen LogP) is 2.31. The molecule has 0 aromatic heterocycles. The minimum Gasteiger partial charge on any atom is -0.390 e. The maximum Gasteiger partial charge on any atom is 0.0669 e. The minimum atomic E-state index is -0.369. The Kier molecular flexibility index (Phi) is 1.28. The summed E-state index contributed by atoms with van der Waals surface area (Å²) in [6.07, 6.45) is 6.56. The summed E-state index contributed by atoms with van der Waals surface area (Å²) in [5.74, 6) is 1.46. The molecule has 1 nitrogen and oxygen atoms in total. The smallest absolute Gasteiger partial charge is 0.0669 e. The highest BCUT2D eigenvalue weighted by atomic mass is 35.5. The molecule has 0 unspecified atom stereocenters. The Balaban J connectivity index is 1.98. The number of alkyl halides is 1. The summed E-state index contributed by atoms with van der Waals surface area (Å²) in [7, 11) is 0. The van der Waals surface area contributed by atoms with E-state index in [2.05, 4.69) is 0 Å². The normalized spacial score (nSPS) is 62.5. The van der Waals surface area contributed by atoms with Crippen LogP contribution in [0.3, 0.4) is 0 Å². The summed E-state index contributed by atoms with van der Waals surface area (Å²) >= 11 is 6.46. The Morgan fingerprint density at radius 2 is 1.67 bits per heavy atom. The van der Waals surface area contributed by atoms with Gasteiger partial charge in [-0.2, -0.15) is 0 Å². The quantitative estimate of drug-likeness (QED) is 0.576. The van der Waals surface area contributed by atoms with Crippen molar-refractivity contribution in [2.24, 2.45) is 11.8 Å². The number of halogens is 1. The van der Waals surface area contributed by atoms with Crippen LogP contribution < -0.4 is 0 Å². The average molecular weight is 187 g/mol. The van der Waals surface area contributed by atoms with Crippen LogP contribution >= 0.6 is 11.6 Å². The second kappa shape index (κ2) is 2.01. The third-order valence-corrected chi connectivity index (χ3v) is 4.40. The maximum absolute atomic E-state index is 10.2. The second-order valence-electron chi connectivity index (χ2n) is 5.34. The van der Waals surface area contributed by atoms with Gasteiger partial charge in [0, 0.05) is 4.87 Å². The monoisotopic (exact) mass is 186 g/mol. The largest absolute Gasteiger partial charge is 0.390 e. The molecule has 4 aliphatic carbocycles. The summed E-state index contributed by atoms with van der Waals surface area (Å²) in [5.41, 5.74) is -0.369. The molecule has 68 valence electrons. The molecule has 2 atom stereocenters. The molecule has 4 bridgehead atoms. The van der Waals surface area contributed by atoms with Crippen molar-refractivity contribution in [1.82, 2.24) is 0 Å². The summed E-state index contributed by atoms with van der Waals surface area (Å²) in [6.45, 7) is 0. The van der Waals surface area contributed by atoms with E-state index in [1.165, 1.54) is 6.42 Å². The molecule has 4 rings (SSSR count). The first-order valence-corrected chi connectivity index (χ1v) is 5.36. The lowest BCUT2D eigenvalue weighted by molar-refractivity contribution is -0.115. The van der Waals surface area contributed by atoms with Crippen LogP contribution in [0, 0.1) is 11.8 Å². The van der Waals surface area contributed by atoms with Gasteiger partial charge in [0.05, 0.1) is 5.60 Å². The van der Waals surface area contributed by atoms with E-state index in [1.807, 2.05) is 0 Å². The van der Waals surface area contributed by atoms with Crippen LogP contribution in [-0.2, 0) is 0 Å². The van der Waals surface area contributed by atoms with Gasteiger partial charge >= 0.3 is 0 Å². The zero-order valence-electron chi connectivity index (χ0n) is 7.22. The molecule has 2 heteroatoms. The van der Waals surface area contributed by atoms with Crippen LogP contribution in [0.15, 0.2) is 0 Å². The Bertz CT molecular complexity index is 192. The Morgan fingerprint density at radius 1 is 1.08 bits per heavy atom. The Hall–Kier alpha value is 0.250. The molecular weight excluding hydrogens is 172 g/mol. The molecule has 0 heterocycles. The van der Waals surface area contributed by atoms with Crippen LogP contribution in [0.5, 0.6) is 0 Å². The number of rotatable bonds is 0. The molecule has 0 aliphatic heterocycles. The summed E-state index contributed by atoms with van der Waals surface area (Å²) < 4.78 is 0. The zero-order chi connectivity index (χ0) is 8.40. The first kappa shape index (κ1) is 7.64. The van der Waals surface area contributed by atoms with E-state index in [9.17, 15) is 5.11 Å². The molecule has 4 aliphatic rings. The standard InChI is InChI=1S/C10H15ClO/c11-9-2-7-1-8(3-9)5-10(12,4-7)6-9/h7-8,12H,1-6H2/t7-,8-,9?,10?/m0/s1. The van der Waals surface area contributed by atoms with Gasteiger partial charge in [0.2, 0.25) is 0 Å². The molecule has 0 spiro atoms. The molecule has 0 aromatic carbocycles. The van der Waals surface area contributed by atoms with Gasteiger partial charge in [0.25, 0.3) is 0 Å². The Morgan fingerprint density at radius 3 is 2.08 bits per heavy atom. The van der Waals surface area contributed by atoms with Gasteiger partial charge in [-0.1, -0.05) is 0 Å². The third kappa shape index (κ3) is 0.958. The molecule has 12 heavy (non-hydrogen) atoms. The van der Waals surface area contributed by atoms with Crippen LogP contribution in [0.25, 0.3) is 0 Å². The van der Waals surface area contributed by atoms with Gasteiger partial charge in [-0.25, -0.2) is 0 Å². The van der Waals surface area contributed by atoms with Crippen molar-refractivity contribution in [1.29, 1.82) is 0 Å². The van der Waals surface area contributed by atoms with E-state index in [4.69, 9.17) is 11.6 Å². The van der Waals surface area contributed by atoms with Crippen molar-refractivity contribution in [2.45, 2.75) is 49.0 Å². The molecule has 0 saturated heterocycles. The maximum atomic E-state index is 10.2. The highest BCUT2D eigenvalue weighted by Gasteiger charge is 2.56. The second-order valence-corrected chi connectivity index (χ2v) is 6.14. The van der Waals surface area contributed by atoms with Crippen molar-refractivity contribution >= 4 is 11.6 Å². The lowest BCUT2D eigenvalue weighted by atomic mass is 9.54. The molecule has 4 fully saturated rings. The molecule has 4 saturated carbocycles. The molecule has 1 N–H and O–H groups in total. The van der Waals surface area contributed by atoms with Crippen molar-refractivity contribution in [2.75, 3.05) is 0 Å². The van der Waals surface area contributed by atoms with Gasteiger partial charge < -0.3 is 5.11 Å². The first-order chi connectivity index (χ1) is 5.57. The first-order valence-electron chi connectivity index (χ1n) is 4.98. The van der Waals surface area contributed by atoms with E-state index in [1.54, 1.807) is 0 Å². The fourth-order valence-electron chi connectivity index (χ4n) is 4.10. The van der Waals surface area contributed by atoms with E-state index < -0.39 is 0 Å². The van der Waals surface area contributed by atoms with Crippen molar-refractivity contribution in [3.63, 3.8) is 0 Å². The van der Waals surface area contributed by atoms with Crippen LogP contribution in [0.4, 0.5) is 0 Å². The summed E-state index contributed by atoms with van der Waals surface area (Å²) in [4.78, 5) is -0.0150. The minimum absolute atomic E-state index is 0.0150. The Labute approximate surface area is 78.1 Å². The molecule has 0 amide bonds. The SMILES string of the molecule is OC12C[C@H]3C[C@H](C1)CC(Cl)(C3)C2. The van der Waals surface area contributed by atoms with Gasteiger partial charge in [0.15, 0.2) is 0 Å². The lowest BCUT2D eigenvalue weighted by Crippen LogP contribution is -2.56. The van der Waals surface area contributed by atoms with Crippen LogP contribution in [0.2, 0.25) is 0 Å². The fourth-order valence-corrected chi connectivity index (χ4v) is 4.79. The van der Waals surface area contributed by atoms with Gasteiger partial charge in [-0.05, 0) is 50.4 Å². The van der Waals surface area contributed by atoms with E-state index in [0.29, 0.717) is 0 Å². The van der Waals surface area contributed by atoms with E-state index in [-0.39, 0.29) is 10.5 Å². The summed E-state index contributed by atoms with van der Waals surface area (Å²) in [6, 6.07) is 0. The molecular formula is C10H15ClO. The fraction of sp³-hybridized carbons (Fsp3) is 1.00. The van der Waals surface area contributed by atoms with E-state index in [0.717, 1.165) is 43.9 Å². The van der Waals surface area contributed by atoms with Crippen LogP contribution in [0.1, 0.15) is 38.5 Å². The van der Waals surface area contributed by atoms with Crippen molar-refractivity contribution in [3.8, 4) is 0 Å². The number of aliphatic hydroxyl groups is 1. The summed E-state index contributed by atoms with van der Waals surface area (Å²) in [5, 5.41) is 10.2. The zero-order valence-corrected chi connectivity index (χ0v) is 7.98. The predicted molar refractivity (Wildman–Crippen MR) is 48.2 cm³/mol. The average Bonchev–Trinajstić information content (AvgIpc) is 1.75. The van der Waals surface area contributed by atoms with Crippen molar-refractivity contribution in [3.05, 3.63) is 0 Å². The highest BCUT2D eigenvalue weighted by Crippen LogP contribution is 2.59. The van der Waals surface area contributed by atoms with E-state index >= 15 is 0 Å². The van der Waals surface area contributed by atoms with Crippen LogP contribution in [-0.4, -0.2) is 15.6 Å². The molecule has 0 aromatic rings. The third-order valence-electron chi connectivity index (χ3n) is 3.96. The van der Waals surface area contributed by atoms with Gasteiger partial charge in [-0.15, -0.1) is 11.6 Å². The number of hydrogen-bond donors (Lipinski definition) is 1. The lowest BCUT2D eigenvalue weighted by Gasteiger charge is -2.57. The topological polar surface area (TPSA) is 20.2 Å².